The van der Waals surface area contributed by atoms with Crippen LogP contribution in [0.1, 0.15) is 25.3 Å². The van der Waals surface area contributed by atoms with Crippen molar-refractivity contribution in [3.63, 3.8) is 0 Å². The van der Waals surface area contributed by atoms with Gasteiger partial charge in [-0.15, -0.1) is 0 Å². The summed E-state index contributed by atoms with van der Waals surface area (Å²) < 4.78 is 10.3. The Morgan fingerprint density at radius 2 is 2.00 bits per heavy atom. The molecule has 2 heterocycles. The van der Waals surface area contributed by atoms with Crippen LogP contribution in [0.25, 0.3) is 0 Å². The first-order chi connectivity index (χ1) is 12.5. The highest BCUT2D eigenvalue weighted by atomic mass is 16.5. The number of piperidine rings is 1. The van der Waals surface area contributed by atoms with E-state index < -0.39 is 0 Å². The molecule has 140 valence electrons. The quantitative estimate of drug-likeness (QED) is 0.599. The Morgan fingerprint density at radius 1 is 1.27 bits per heavy atom. The highest BCUT2D eigenvalue weighted by Crippen LogP contribution is 2.32. The van der Waals surface area contributed by atoms with Crippen molar-refractivity contribution in [2.24, 2.45) is 5.92 Å². The summed E-state index contributed by atoms with van der Waals surface area (Å²) in [4.78, 5) is 39.8. The van der Waals surface area contributed by atoms with Gasteiger partial charge in [-0.25, -0.2) is 4.79 Å². The van der Waals surface area contributed by atoms with Crippen molar-refractivity contribution in [2.45, 2.75) is 26.7 Å². The largest absolute Gasteiger partial charge is 0.466 e. The van der Waals surface area contributed by atoms with Crippen molar-refractivity contribution in [1.29, 1.82) is 0 Å². The fraction of sp³-hybridized carbons (Fsp3) is 0.526. The van der Waals surface area contributed by atoms with Crippen LogP contribution in [-0.2, 0) is 19.1 Å². The first kappa shape index (κ1) is 18.2. The van der Waals surface area contributed by atoms with Crippen LogP contribution in [0.2, 0.25) is 0 Å². The lowest BCUT2D eigenvalue weighted by Crippen LogP contribution is -2.47. The fourth-order valence-corrected chi connectivity index (χ4v) is 3.39. The average Bonchev–Trinajstić information content (AvgIpc) is 2.61. The summed E-state index contributed by atoms with van der Waals surface area (Å²) in [5.74, 6) is -0.226. The molecule has 1 amide bonds. The lowest BCUT2D eigenvalue weighted by Gasteiger charge is -2.34. The highest BCUT2D eigenvalue weighted by molar-refractivity contribution is 5.89. The van der Waals surface area contributed by atoms with Crippen molar-refractivity contribution < 1.29 is 23.9 Å². The number of anilines is 1. The number of fused-ring (bicyclic) bond motifs is 1. The van der Waals surface area contributed by atoms with E-state index in [0.717, 1.165) is 11.3 Å². The maximum absolute atomic E-state index is 12.7. The number of aryl methyl sites for hydroxylation is 1. The van der Waals surface area contributed by atoms with Gasteiger partial charge in [-0.3, -0.25) is 9.59 Å². The molecular formula is C19H24N2O5. The lowest BCUT2D eigenvalue weighted by molar-refractivity contribution is -0.151. The number of hydrogen-bond acceptors (Lipinski definition) is 6. The minimum Gasteiger partial charge on any atom is -0.466 e. The summed E-state index contributed by atoms with van der Waals surface area (Å²) in [6.45, 7) is 5.33. The number of carbonyl (C=O) groups excluding carboxylic acids is 3. The molecule has 7 heteroatoms. The van der Waals surface area contributed by atoms with Gasteiger partial charge in [0.05, 0.1) is 24.8 Å². The fourth-order valence-electron chi connectivity index (χ4n) is 3.39. The molecule has 0 N–H and O–H groups in total. The van der Waals surface area contributed by atoms with Crippen LogP contribution in [-0.4, -0.2) is 55.5 Å². The molecule has 26 heavy (non-hydrogen) atoms. The molecule has 0 radical (unpaired) electrons. The number of amides is 1. The molecule has 0 aliphatic carbocycles. The number of carbonyl (C=O) groups is 3. The standard InChI is InChI=1S/C19H24N2O5/c1-3-25-19(24)14-6-8-20(9-7-14)17(22)11-21-12-18(23)26-16-10-13(2)4-5-15(16)21/h4-5,10,14H,3,6-9,11-12H2,1-2H3. The molecule has 1 saturated heterocycles. The second-order valence-corrected chi connectivity index (χ2v) is 6.71. The molecule has 7 nitrogen and oxygen atoms in total. The molecular weight excluding hydrogens is 336 g/mol. The molecule has 2 aliphatic heterocycles. The van der Waals surface area contributed by atoms with Crippen molar-refractivity contribution in [3.05, 3.63) is 23.8 Å². The molecule has 0 aromatic heterocycles. The molecule has 0 unspecified atom stereocenters. The second kappa shape index (κ2) is 7.76. The Labute approximate surface area is 152 Å². The third kappa shape index (κ3) is 3.98. The Balaban J connectivity index is 1.61. The molecule has 0 saturated carbocycles. The van der Waals surface area contributed by atoms with Crippen molar-refractivity contribution in [3.8, 4) is 5.75 Å². The van der Waals surface area contributed by atoms with Crippen molar-refractivity contribution >= 4 is 23.5 Å². The SMILES string of the molecule is CCOC(=O)C1CCN(C(=O)CN2CC(=O)Oc3cc(C)ccc32)CC1. The van der Waals surface area contributed by atoms with Gasteiger partial charge in [0, 0.05) is 13.1 Å². The number of benzene rings is 1. The van der Waals surface area contributed by atoms with E-state index in [-0.39, 0.29) is 36.9 Å². The molecule has 0 bridgehead atoms. The van der Waals surface area contributed by atoms with E-state index in [1.807, 2.05) is 19.1 Å². The van der Waals surface area contributed by atoms with Crippen LogP contribution < -0.4 is 9.64 Å². The predicted octanol–water partition coefficient (Wildman–Crippen LogP) is 1.52. The first-order valence-electron chi connectivity index (χ1n) is 8.98. The van der Waals surface area contributed by atoms with E-state index >= 15 is 0 Å². The molecule has 2 aliphatic rings. The van der Waals surface area contributed by atoms with Gasteiger partial charge in [0.15, 0.2) is 5.75 Å². The molecule has 1 aromatic carbocycles. The molecule has 3 rings (SSSR count). The minimum absolute atomic E-state index is 0.0477. The van der Waals surface area contributed by atoms with Gasteiger partial charge in [-0.2, -0.15) is 0 Å². The Morgan fingerprint density at radius 3 is 2.69 bits per heavy atom. The van der Waals surface area contributed by atoms with Gasteiger partial charge in [0.1, 0.15) is 6.54 Å². The van der Waals surface area contributed by atoms with Crippen LogP contribution in [0.4, 0.5) is 5.69 Å². The normalized spacial score (nSPS) is 17.5. The number of hydrogen-bond donors (Lipinski definition) is 0. The smallest absolute Gasteiger partial charge is 0.331 e. The van der Waals surface area contributed by atoms with Crippen LogP contribution >= 0.6 is 0 Å². The van der Waals surface area contributed by atoms with Gasteiger partial charge in [0.25, 0.3) is 0 Å². The van der Waals surface area contributed by atoms with Gasteiger partial charge in [-0.1, -0.05) is 6.07 Å². The summed E-state index contributed by atoms with van der Waals surface area (Å²) in [7, 11) is 0. The minimum atomic E-state index is -0.364. The summed E-state index contributed by atoms with van der Waals surface area (Å²) in [5, 5.41) is 0. The first-order valence-corrected chi connectivity index (χ1v) is 8.98. The molecule has 1 fully saturated rings. The second-order valence-electron chi connectivity index (χ2n) is 6.71. The van der Waals surface area contributed by atoms with Gasteiger partial charge in [-0.05, 0) is 44.4 Å². The van der Waals surface area contributed by atoms with E-state index in [2.05, 4.69) is 0 Å². The lowest BCUT2D eigenvalue weighted by atomic mass is 9.97. The summed E-state index contributed by atoms with van der Waals surface area (Å²) in [5.41, 5.74) is 1.75. The third-order valence-electron chi connectivity index (χ3n) is 4.79. The third-order valence-corrected chi connectivity index (χ3v) is 4.79. The Hall–Kier alpha value is -2.57. The highest BCUT2D eigenvalue weighted by Gasteiger charge is 2.31. The zero-order valence-electron chi connectivity index (χ0n) is 15.2. The molecule has 0 spiro atoms. The van der Waals surface area contributed by atoms with Crippen LogP contribution in [0.15, 0.2) is 18.2 Å². The van der Waals surface area contributed by atoms with Crippen LogP contribution in [0, 0.1) is 12.8 Å². The Kier molecular flexibility index (Phi) is 5.44. The number of rotatable bonds is 4. The van der Waals surface area contributed by atoms with E-state index in [1.54, 1.807) is 22.8 Å². The van der Waals surface area contributed by atoms with E-state index in [9.17, 15) is 14.4 Å². The van der Waals surface area contributed by atoms with Gasteiger partial charge >= 0.3 is 11.9 Å². The topological polar surface area (TPSA) is 76.2 Å². The molecule has 0 atom stereocenters. The summed E-state index contributed by atoms with van der Waals surface area (Å²) in [6.07, 6.45) is 1.23. The van der Waals surface area contributed by atoms with Crippen LogP contribution in [0.3, 0.4) is 0 Å². The average molecular weight is 360 g/mol. The van der Waals surface area contributed by atoms with Gasteiger partial charge in [0.2, 0.25) is 5.91 Å². The van der Waals surface area contributed by atoms with E-state index in [0.29, 0.717) is 38.3 Å². The van der Waals surface area contributed by atoms with Crippen LogP contribution in [0.5, 0.6) is 5.75 Å². The van der Waals surface area contributed by atoms with Crippen molar-refractivity contribution in [1.82, 2.24) is 4.90 Å². The maximum atomic E-state index is 12.7. The maximum Gasteiger partial charge on any atom is 0.331 e. The zero-order chi connectivity index (χ0) is 18.7. The number of ether oxygens (including phenoxy) is 2. The summed E-state index contributed by atoms with van der Waals surface area (Å²) in [6, 6.07) is 5.60. The number of likely N-dealkylation sites (tertiary alicyclic amines) is 1. The van der Waals surface area contributed by atoms with Crippen molar-refractivity contribution in [2.75, 3.05) is 37.7 Å². The molecule has 1 aromatic rings. The predicted molar refractivity (Wildman–Crippen MR) is 95.0 cm³/mol. The monoisotopic (exact) mass is 360 g/mol. The van der Waals surface area contributed by atoms with E-state index in [4.69, 9.17) is 9.47 Å². The van der Waals surface area contributed by atoms with E-state index in [1.165, 1.54) is 0 Å². The number of nitrogens with zero attached hydrogens (tertiary/aromatic N) is 2. The van der Waals surface area contributed by atoms with Gasteiger partial charge < -0.3 is 19.3 Å². The summed E-state index contributed by atoms with van der Waals surface area (Å²) >= 11 is 0. The zero-order valence-corrected chi connectivity index (χ0v) is 15.2. The number of esters is 2. The Bertz CT molecular complexity index is 710.